The van der Waals surface area contributed by atoms with Crippen molar-refractivity contribution in [2.45, 2.75) is 44.9 Å². The zero-order chi connectivity index (χ0) is 20.3. The van der Waals surface area contributed by atoms with E-state index in [1.165, 1.54) is 37.1 Å². The molecule has 3 N–H and O–H groups in total. The molecule has 148 valence electrons. The Morgan fingerprint density at radius 1 is 1.04 bits per heavy atom. The van der Waals surface area contributed by atoms with Crippen LogP contribution in [-0.4, -0.2) is 30.1 Å². The summed E-state index contributed by atoms with van der Waals surface area (Å²) in [6.07, 6.45) is 3.61. The summed E-state index contributed by atoms with van der Waals surface area (Å²) in [5.41, 5.74) is 10.2. The van der Waals surface area contributed by atoms with Crippen LogP contribution in [0.25, 0.3) is 0 Å². The maximum absolute atomic E-state index is 12.4. The minimum atomic E-state index is -0.985. The highest BCUT2D eigenvalue weighted by atomic mass is 16.4. The van der Waals surface area contributed by atoms with Crippen LogP contribution < -0.4 is 10.6 Å². The lowest BCUT2D eigenvalue weighted by Crippen LogP contribution is -2.32. The van der Waals surface area contributed by atoms with E-state index >= 15 is 0 Å². The molecule has 1 saturated heterocycles. The highest BCUT2D eigenvalue weighted by Gasteiger charge is 2.30. The van der Waals surface area contributed by atoms with Gasteiger partial charge in [0, 0.05) is 18.8 Å². The van der Waals surface area contributed by atoms with E-state index in [1.807, 2.05) is 6.92 Å². The normalized spacial score (nSPS) is 16.4. The highest BCUT2D eigenvalue weighted by Crippen LogP contribution is 2.40. The molecule has 1 aliphatic rings. The van der Waals surface area contributed by atoms with Gasteiger partial charge in [-0.05, 0) is 67.0 Å². The number of amides is 1. The van der Waals surface area contributed by atoms with Gasteiger partial charge in [-0.25, -0.2) is 4.79 Å². The van der Waals surface area contributed by atoms with Gasteiger partial charge in [0.15, 0.2) is 0 Å². The molecule has 2 atom stereocenters. The summed E-state index contributed by atoms with van der Waals surface area (Å²) in [5.74, 6) is -2.02. The Bertz CT molecular complexity index is 855. The second-order valence-corrected chi connectivity index (χ2v) is 7.65. The number of anilines is 1. The van der Waals surface area contributed by atoms with Gasteiger partial charge < -0.3 is 15.7 Å². The fraction of sp³-hybridized carbons (Fsp3) is 0.391. The maximum Gasteiger partial charge on any atom is 0.335 e. The van der Waals surface area contributed by atoms with Crippen molar-refractivity contribution in [1.29, 1.82) is 0 Å². The summed E-state index contributed by atoms with van der Waals surface area (Å²) in [4.78, 5) is 26.0. The third-order valence-corrected chi connectivity index (χ3v) is 5.78. The molecule has 3 rings (SSSR count). The van der Waals surface area contributed by atoms with Crippen molar-refractivity contribution in [2.75, 3.05) is 18.0 Å². The van der Waals surface area contributed by atoms with Gasteiger partial charge in [-0.1, -0.05) is 31.2 Å². The van der Waals surface area contributed by atoms with Gasteiger partial charge in [-0.2, -0.15) is 0 Å². The van der Waals surface area contributed by atoms with E-state index in [1.54, 1.807) is 12.1 Å². The maximum atomic E-state index is 12.4. The number of carbonyl (C=O) groups is 2. The highest BCUT2D eigenvalue weighted by molar-refractivity contribution is 5.88. The summed E-state index contributed by atoms with van der Waals surface area (Å²) in [5, 5.41) is 9.13. The van der Waals surface area contributed by atoms with Crippen LogP contribution in [0.2, 0.25) is 0 Å². The molecule has 2 aromatic rings. The van der Waals surface area contributed by atoms with Crippen LogP contribution in [0.3, 0.4) is 0 Å². The van der Waals surface area contributed by atoms with Gasteiger partial charge in [-0.15, -0.1) is 0 Å². The number of aryl methyl sites for hydroxylation is 1. The zero-order valence-corrected chi connectivity index (χ0v) is 16.5. The van der Waals surface area contributed by atoms with Gasteiger partial charge in [-0.3, -0.25) is 4.79 Å². The number of piperidine rings is 1. The molecule has 1 aliphatic heterocycles. The van der Waals surface area contributed by atoms with E-state index in [0.29, 0.717) is 0 Å². The number of nitrogens with zero attached hydrogens (tertiary/aromatic N) is 1. The van der Waals surface area contributed by atoms with E-state index in [4.69, 9.17) is 10.8 Å². The fourth-order valence-electron chi connectivity index (χ4n) is 4.37. The average Bonchev–Trinajstić information content (AvgIpc) is 2.68. The number of carbonyl (C=O) groups excluding carboxylic acids is 1. The number of rotatable bonds is 6. The molecule has 0 aromatic heterocycles. The van der Waals surface area contributed by atoms with Crippen molar-refractivity contribution >= 4 is 17.6 Å². The van der Waals surface area contributed by atoms with E-state index in [2.05, 4.69) is 30.0 Å². The number of hydrogen-bond donors (Lipinski definition) is 2. The third kappa shape index (κ3) is 4.03. The molecule has 5 nitrogen and oxygen atoms in total. The lowest BCUT2D eigenvalue weighted by Gasteiger charge is -2.34. The summed E-state index contributed by atoms with van der Waals surface area (Å²) < 4.78 is 0. The third-order valence-electron chi connectivity index (χ3n) is 5.78. The molecule has 28 heavy (non-hydrogen) atoms. The molecule has 0 saturated carbocycles. The molecular formula is C23H28N2O3. The smallest absolute Gasteiger partial charge is 0.335 e. The Morgan fingerprint density at radius 3 is 2.25 bits per heavy atom. The predicted molar refractivity (Wildman–Crippen MR) is 111 cm³/mol. The van der Waals surface area contributed by atoms with Crippen molar-refractivity contribution in [3.05, 3.63) is 64.7 Å². The van der Waals surface area contributed by atoms with Crippen LogP contribution in [0, 0.1) is 6.92 Å². The Labute approximate surface area is 166 Å². The summed E-state index contributed by atoms with van der Waals surface area (Å²) in [6.45, 7) is 6.16. The number of carboxylic acids is 1. The minimum Gasteiger partial charge on any atom is -0.478 e. The molecule has 2 aromatic carbocycles. The van der Waals surface area contributed by atoms with Crippen molar-refractivity contribution < 1.29 is 14.7 Å². The van der Waals surface area contributed by atoms with Crippen molar-refractivity contribution in [1.82, 2.24) is 0 Å². The van der Waals surface area contributed by atoms with Crippen molar-refractivity contribution in [3.63, 3.8) is 0 Å². The Hall–Kier alpha value is -2.82. The summed E-state index contributed by atoms with van der Waals surface area (Å²) in [6, 6.07) is 12.7. The molecule has 1 amide bonds. The fourth-order valence-corrected chi connectivity index (χ4v) is 4.37. The van der Waals surface area contributed by atoms with Crippen LogP contribution >= 0.6 is 0 Å². The average molecular weight is 380 g/mol. The number of carboxylic acid groups (broad SMARTS) is 1. The first kappa shape index (κ1) is 19.9. The van der Waals surface area contributed by atoms with Gasteiger partial charge in [0.05, 0.1) is 11.5 Å². The number of hydrogen-bond acceptors (Lipinski definition) is 3. The standard InChI is InChI=1S/C23H28N2O3/c1-15-7-6-8-19(25-13-4-3-5-14-25)20(15)16(2)21(22(24)26)17-9-11-18(12-10-17)23(27)28/h6-12,16,21H,3-5,13-14H2,1-2H3,(H2,24,26)(H,27,28). The molecule has 0 aliphatic carbocycles. The first-order chi connectivity index (χ1) is 13.4. The van der Waals surface area contributed by atoms with Crippen LogP contribution in [0.15, 0.2) is 42.5 Å². The zero-order valence-electron chi connectivity index (χ0n) is 16.5. The van der Waals surface area contributed by atoms with Crippen molar-refractivity contribution in [3.8, 4) is 0 Å². The van der Waals surface area contributed by atoms with Gasteiger partial charge >= 0.3 is 5.97 Å². The molecular weight excluding hydrogens is 352 g/mol. The second kappa shape index (κ2) is 8.46. The van der Waals surface area contributed by atoms with Gasteiger partial charge in [0.2, 0.25) is 5.91 Å². The summed E-state index contributed by atoms with van der Waals surface area (Å²) in [7, 11) is 0. The van der Waals surface area contributed by atoms with Crippen LogP contribution in [-0.2, 0) is 4.79 Å². The second-order valence-electron chi connectivity index (χ2n) is 7.65. The first-order valence-corrected chi connectivity index (χ1v) is 9.87. The van der Waals surface area contributed by atoms with E-state index < -0.39 is 17.8 Å². The van der Waals surface area contributed by atoms with E-state index in [0.717, 1.165) is 29.8 Å². The largest absolute Gasteiger partial charge is 0.478 e. The topological polar surface area (TPSA) is 83.6 Å². The summed E-state index contributed by atoms with van der Waals surface area (Å²) >= 11 is 0. The lowest BCUT2D eigenvalue weighted by atomic mass is 9.79. The molecule has 0 bridgehead atoms. The molecule has 1 heterocycles. The molecule has 1 fully saturated rings. The molecule has 0 radical (unpaired) electrons. The number of aromatic carboxylic acids is 1. The van der Waals surface area contributed by atoms with Gasteiger partial charge in [0.25, 0.3) is 0 Å². The van der Waals surface area contributed by atoms with Gasteiger partial charge in [0.1, 0.15) is 0 Å². The number of primary amides is 1. The number of benzene rings is 2. The monoisotopic (exact) mass is 380 g/mol. The van der Waals surface area contributed by atoms with Crippen LogP contribution in [0.1, 0.15) is 65.1 Å². The minimum absolute atomic E-state index is 0.119. The molecule has 0 spiro atoms. The quantitative estimate of drug-likeness (QED) is 0.792. The molecule has 2 unspecified atom stereocenters. The molecule has 5 heteroatoms. The van der Waals surface area contributed by atoms with E-state index in [9.17, 15) is 9.59 Å². The van der Waals surface area contributed by atoms with Crippen molar-refractivity contribution in [2.24, 2.45) is 5.73 Å². The Balaban J connectivity index is 2.01. The predicted octanol–water partition coefficient (Wildman–Crippen LogP) is 4.06. The number of nitrogens with two attached hydrogens (primary N) is 1. The first-order valence-electron chi connectivity index (χ1n) is 9.87. The Kier molecular flexibility index (Phi) is 6.02. The van der Waals surface area contributed by atoms with Crippen LogP contribution in [0.4, 0.5) is 5.69 Å². The van der Waals surface area contributed by atoms with Crippen LogP contribution in [0.5, 0.6) is 0 Å². The SMILES string of the molecule is Cc1cccc(N2CCCCC2)c1C(C)C(C(N)=O)c1ccc(C(=O)O)cc1. The Morgan fingerprint density at radius 2 is 1.68 bits per heavy atom. The van der Waals surface area contributed by atoms with E-state index in [-0.39, 0.29) is 11.5 Å². The lowest BCUT2D eigenvalue weighted by molar-refractivity contribution is -0.119.